The summed E-state index contributed by atoms with van der Waals surface area (Å²) in [4.78, 5) is 18.3. The topological polar surface area (TPSA) is 41.9 Å². The second-order valence-electron chi connectivity index (χ2n) is 5.63. The monoisotopic (exact) mass is 344 g/mol. The number of carbonyl (C=O) groups is 1. The van der Waals surface area contributed by atoms with Gasteiger partial charge in [-0.15, -0.1) is 0 Å². The number of rotatable bonds is 7. The average molecular weight is 344 g/mol. The fraction of sp³-hybridized carbons (Fsp3) is 0.529. The number of aliphatic imine (C=N–C) groups is 1. The summed E-state index contributed by atoms with van der Waals surface area (Å²) in [5, 5.41) is 0. The van der Waals surface area contributed by atoms with Crippen molar-refractivity contribution in [3.05, 3.63) is 28.8 Å². The van der Waals surface area contributed by atoms with E-state index >= 15 is 0 Å². The molecule has 0 N–H and O–H groups in total. The molecular weight excluding hydrogens is 321 g/mol. The Balaban J connectivity index is 2.74. The van der Waals surface area contributed by atoms with Crippen LogP contribution in [-0.2, 0) is 4.74 Å². The SMILES string of the molecule is CCN(C)C=Nc1cc(C)c(C(=O)OCCCC(F)(F)F)cc1C. The Morgan fingerprint density at radius 1 is 1.29 bits per heavy atom. The molecule has 24 heavy (non-hydrogen) atoms. The summed E-state index contributed by atoms with van der Waals surface area (Å²) in [7, 11) is 1.90. The molecule has 0 radical (unpaired) electrons. The number of esters is 1. The molecule has 0 aromatic heterocycles. The minimum atomic E-state index is -4.23. The summed E-state index contributed by atoms with van der Waals surface area (Å²) in [5.74, 6) is -0.612. The molecular formula is C17H23F3N2O2. The van der Waals surface area contributed by atoms with Crippen molar-refractivity contribution in [2.24, 2.45) is 4.99 Å². The predicted octanol–water partition coefficient (Wildman–Crippen LogP) is 4.41. The molecule has 0 fully saturated rings. The quantitative estimate of drug-likeness (QED) is 0.318. The van der Waals surface area contributed by atoms with E-state index in [2.05, 4.69) is 4.99 Å². The van der Waals surface area contributed by atoms with Crippen LogP contribution < -0.4 is 0 Å². The van der Waals surface area contributed by atoms with Crippen molar-refractivity contribution in [1.29, 1.82) is 0 Å². The van der Waals surface area contributed by atoms with Crippen molar-refractivity contribution >= 4 is 18.0 Å². The first-order valence-corrected chi connectivity index (χ1v) is 7.73. The number of alkyl halides is 3. The van der Waals surface area contributed by atoms with Crippen molar-refractivity contribution < 1.29 is 22.7 Å². The molecule has 1 rings (SSSR count). The van der Waals surface area contributed by atoms with Gasteiger partial charge >= 0.3 is 12.1 Å². The first kappa shape index (κ1) is 20.0. The van der Waals surface area contributed by atoms with Crippen LogP contribution in [0.5, 0.6) is 0 Å². The number of carbonyl (C=O) groups excluding carboxylic acids is 1. The number of hydrogen-bond donors (Lipinski definition) is 0. The normalized spacial score (nSPS) is 11.8. The van der Waals surface area contributed by atoms with E-state index < -0.39 is 18.6 Å². The molecule has 0 aliphatic carbocycles. The van der Waals surface area contributed by atoms with E-state index in [1.165, 1.54) is 0 Å². The third-order valence-electron chi connectivity index (χ3n) is 3.49. The molecule has 1 aromatic rings. The lowest BCUT2D eigenvalue weighted by atomic mass is 10.0. The van der Waals surface area contributed by atoms with E-state index in [1.807, 2.05) is 25.8 Å². The molecule has 0 amide bonds. The van der Waals surface area contributed by atoms with Gasteiger partial charge in [-0.05, 0) is 50.5 Å². The molecule has 0 spiro atoms. The van der Waals surface area contributed by atoms with Crippen LogP contribution in [0, 0.1) is 13.8 Å². The Morgan fingerprint density at radius 2 is 1.96 bits per heavy atom. The minimum absolute atomic E-state index is 0.237. The van der Waals surface area contributed by atoms with Gasteiger partial charge in [-0.25, -0.2) is 9.79 Å². The lowest BCUT2D eigenvalue weighted by Gasteiger charge is -2.12. The summed E-state index contributed by atoms with van der Waals surface area (Å²) in [6.07, 6.45) is -3.73. The Bertz CT molecular complexity index is 598. The standard InChI is InChI=1S/C17H23F3N2O2/c1-5-22(4)11-21-15-10-12(2)14(9-13(15)3)16(23)24-8-6-7-17(18,19)20/h9-11H,5-8H2,1-4H3. The Kier molecular flexibility index (Phi) is 7.25. The van der Waals surface area contributed by atoms with Crippen LogP contribution in [0.2, 0.25) is 0 Å². The van der Waals surface area contributed by atoms with E-state index in [0.29, 0.717) is 11.1 Å². The zero-order valence-electron chi connectivity index (χ0n) is 14.4. The highest BCUT2D eigenvalue weighted by molar-refractivity contribution is 5.92. The van der Waals surface area contributed by atoms with Gasteiger partial charge in [-0.2, -0.15) is 13.2 Å². The summed E-state index contributed by atoms with van der Waals surface area (Å²) in [5.41, 5.74) is 2.56. The lowest BCUT2D eigenvalue weighted by Crippen LogP contribution is -2.14. The third-order valence-corrected chi connectivity index (χ3v) is 3.49. The number of ether oxygens (including phenoxy) is 1. The van der Waals surface area contributed by atoms with E-state index in [0.717, 1.165) is 17.8 Å². The van der Waals surface area contributed by atoms with E-state index in [9.17, 15) is 18.0 Å². The summed E-state index contributed by atoms with van der Waals surface area (Å²) in [6, 6.07) is 3.42. The highest BCUT2D eigenvalue weighted by Gasteiger charge is 2.26. The number of hydrogen-bond acceptors (Lipinski definition) is 3. The smallest absolute Gasteiger partial charge is 0.389 e. The molecule has 0 atom stereocenters. The molecule has 4 nitrogen and oxygen atoms in total. The van der Waals surface area contributed by atoms with Gasteiger partial charge in [0.15, 0.2) is 0 Å². The zero-order chi connectivity index (χ0) is 18.3. The van der Waals surface area contributed by atoms with Crippen LogP contribution in [0.25, 0.3) is 0 Å². The van der Waals surface area contributed by atoms with Crippen LogP contribution in [0.1, 0.15) is 41.3 Å². The first-order chi connectivity index (χ1) is 11.1. The molecule has 1 aromatic carbocycles. The average Bonchev–Trinajstić information content (AvgIpc) is 2.50. The van der Waals surface area contributed by atoms with Gasteiger partial charge in [0.2, 0.25) is 0 Å². The van der Waals surface area contributed by atoms with Gasteiger partial charge in [0, 0.05) is 20.0 Å². The van der Waals surface area contributed by atoms with Gasteiger partial charge in [-0.1, -0.05) is 0 Å². The largest absolute Gasteiger partial charge is 0.462 e. The zero-order valence-corrected chi connectivity index (χ0v) is 14.4. The molecule has 0 bridgehead atoms. The highest BCUT2D eigenvalue weighted by Crippen LogP contribution is 2.24. The summed E-state index contributed by atoms with van der Waals surface area (Å²) < 4.78 is 41.1. The lowest BCUT2D eigenvalue weighted by molar-refractivity contribution is -0.137. The maximum atomic E-state index is 12.1. The predicted molar refractivity (Wildman–Crippen MR) is 87.9 cm³/mol. The molecule has 0 saturated carbocycles. The Morgan fingerprint density at radius 3 is 2.54 bits per heavy atom. The molecule has 0 aliphatic heterocycles. The fourth-order valence-corrected chi connectivity index (χ4v) is 1.92. The second kappa shape index (κ2) is 8.70. The molecule has 7 heteroatoms. The molecule has 0 aliphatic rings. The highest BCUT2D eigenvalue weighted by atomic mass is 19.4. The van der Waals surface area contributed by atoms with E-state index in [-0.39, 0.29) is 13.0 Å². The van der Waals surface area contributed by atoms with Crippen LogP contribution in [0.3, 0.4) is 0 Å². The molecule has 0 heterocycles. The number of nitrogens with zero attached hydrogens (tertiary/aromatic N) is 2. The van der Waals surface area contributed by atoms with Gasteiger partial charge in [0.05, 0.1) is 24.2 Å². The maximum Gasteiger partial charge on any atom is 0.389 e. The minimum Gasteiger partial charge on any atom is -0.462 e. The number of aryl methyl sites for hydroxylation is 2. The Labute approximate surface area is 140 Å². The maximum absolute atomic E-state index is 12.1. The van der Waals surface area contributed by atoms with E-state index in [4.69, 9.17) is 4.74 Å². The number of benzene rings is 1. The summed E-state index contributed by atoms with van der Waals surface area (Å²) >= 11 is 0. The van der Waals surface area contributed by atoms with Gasteiger partial charge in [0.25, 0.3) is 0 Å². The van der Waals surface area contributed by atoms with Gasteiger partial charge in [0.1, 0.15) is 0 Å². The van der Waals surface area contributed by atoms with Gasteiger partial charge < -0.3 is 9.64 Å². The summed E-state index contributed by atoms with van der Waals surface area (Å²) in [6.45, 7) is 6.14. The van der Waals surface area contributed by atoms with Crippen LogP contribution in [0.15, 0.2) is 17.1 Å². The van der Waals surface area contributed by atoms with Crippen LogP contribution in [-0.4, -0.2) is 43.6 Å². The third kappa shape index (κ3) is 6.60. The van der Waals surface area contributed by atoms with Gasteiger partial charge in [-0.3, -0.25) is 0 Å². The van der Waals surface area contributed by atoms with Crippen molar-refractivity contribution in [3.63, 3.8) is 0 Å². The van der Waals surface area contributed by atoms with Crippen molar-refractivity contribution in [2.75, 3.05) is 20.2 Å². The van der Waals surface area contributed by atoms with Crippen molar-refractivity contribution in [2.45, 2.75) is 39.8 Å². The second-order valence-corrected chi connectivity index (χ2v) is 5.63. The number of halogens is 3. The Hall–Kier alpha value is -2.05. The van der Waals surface area contributed by atoms with Crippen LogP contribution in [0.4, 0.5) is 18.9 Å². The molecule has 134 valence electrons. The van der Waals surface area contributed by atoms with Crippen LogP contribution >= 0.6 is 0 Å². The van der Waals surface area contributed by atoms with E-state index in [1.54, 1.807) is 25.4 Å². The fourth-order valence-electron chi connectivity index (χ4n) is 1.92. The van der Waals surface area contributed by atoms with Crippen molar-refractivity contribution in [3.8, 4) is 0 Å². The van der Waals surface area contributed by atoms with Crippen molar-refractivity contribution in [1.82, 2.24) is 4.90 Å². The molecule has 0 unspecified atom stereocenters. The molecule has 0 saturated heterocycles. The first-order valence-electron chi connectivity index (χ1n) is 7.73.